The van der Waals surface area contributed by atoms with Gasteiger partial charge in [0.25, 0.3) is 0 Å². The predicted octanol–water partition coefficient (Wildman–Crippen LogP) is 3.34. The Labute approximate surface area is 89.2 Å². The van der Waals surface area contributed by atoms with Crippen molar-refractivity contribution in [1.82, 2.24) is 0 Å². The molecule has 1 nitrogen and oxygen atoms in total. The lowest BCUT2D eigenvalue weighted by Crippen LogP contribution is -2.40. The van der Waals surface area contributed by atoms with Crippen molar-refractivity contribution in [2.45, 2.75) is 51.7 Å². The zero-order valence-corrected chi connectivity index (χ0v) is 9.35. The van der Waals surface area contributed by atoms with Crippen LogP contribution < -0.4 is 5.73 Å². The molecule has 0 aromatic rings. The molecule has 15 heavy (non-hydrogen) atoms. The standard InChI is InChI=1S/C11H20F3N/c1-7(2)10(15)8-4-3-5-9(6-8)11(12,13)14/h7-10H,3-6,15H2,1-2H3. The monoisotopic (exact) mass is 223 g/mol. The fourth-order valence-electron chi connectivity index (χ4n) is 2.42. The molecule has 1 rings (SSSR count). The Bertz CT molecular complexity index is 200. The zero-order chi connectivity index (χ0) is 11.6. The Morgan fingerprint density at radius 2 is 1.80 bits per heavy atom. The van der Waals surface area contributed by atoms with Crippen molar-refractivity contribution in [2.24, 2.45) is 23.5 Å². The van der Waals surface area contributed by atoms with Crippen molar-refractivity contribution < 1.29 is 13.2 Å². The van der Waals surface area contributed by atoms with Crippen LogP contribution in [0.4, 0.5) is 13.2 Å². The smallest absolute Gasteiger partial charge is 0.327 e. The summed E-state index contributed by atoms with van der Waals surface area (Å²) in [7, 11) is 0. The second-order valence-corrected chi connectivity index (χ2v) is 4.99. The molecule has 0 bridgehead atoms. The maximum atomic E-state index is 12.5. The van der Waals surface area contributed by atoms with E-state index in [0.717, 1.165) is 6.42 Å². The minimum atomic E-state index is -4.03. The first kappa shape index (κ1) is 12.8. The van der Waals surface area contributed by atoms with Crippen LogP contribution >= 0.6 is 0 Å². The lowest BCUT2D eigenvalue weighted by molar-refractivity contribution is -0.186. The quantitative estimate of drug-likeness (QED) is 0.763. The summed E-state index contributed by atoms with van der Waals surface area (Å²) in [5.74, 6) is -0.812. The van der Waals surface area contributed by atoms with Crippen molar-refractivity contribution >= 4 is 0 Å². The summed E-state index contributed by atoms with van der Waals surface area (Å²) in [5, 5.41) is 0. The van der Waals surface area contributed by atoms with E-state index in [4.69, 9.17) is 5.73 Å². The van der Waals surface area contributed by atoms with E-state index in [-0.39, 0.29) is 30.7 Å². The molecule has 1 saturated carbocycles. The summed E-state index contributed by atoms with van der Waals surface area (Å²) in [6.07, 6.45) is -2.01. The van der Waals surface area contributed by atoms with Crippen LogP contribution in [0.15, 0.2) is 0 Å². The maximum Gasteiger partial charge on any atom is 0.391 e. The van der Waals surface area contributed by atoms with E-state index in [1.54, 1.807) is 0 Å². The summed E-state index contributed by atoms with van der Waals surface area (Å²) in [4.78, 5) is 0. The van der Waals surface area contributed by atoms with E-state index in [1.807, 2.05) is 13.8 Å². The topological polar surface area (TPSA) is 26.0 Å². The molecule has 2 N–H and O–H groups in total. The van der Waals surface area contributed by atoms with Crippen LogP contribution in [0.1, 0.15) is 39.5 Å². The summed E-state index contributed by atoms with van der Waals surface area (Å²) in [6.45, 7) is 3.95. The van der Waals surface area contributed by atoms with Gasteiger partial charge < -0.3 is 5.73 Å². The number of alkyl halides is 3. The molecule has 0 aliphatic heterocycles. The highest BCUT2D eigenvalue weighted by molar-refractivity contribution is 4.84. The average Bonchev–Trinajstić information content (AvgIpc) is 2.15. The second kappa shape index (κ2) is 4.73. The van der Waals surface area contributed by atoms with Gasteiger partial charge in [0.1, 0.15) is 0 Å². The molecule has 90 valence electrons. The Hall–Kier alpha value is -0.250. The van der Waals surface area contributed by atoms with E-state index in [1.165, 1.54) is 0 Å². The first-order chi connectivity index (χ1) is 6.82. The lowest BCUT2D eigenvalue weighted by atomic mass is 9.75. The third-order valence-corrected chi connectivity index (χ3v) is 3.49. The summed E-state index contributed by atoms with van der Waals surface area (Å²) in [5.41, 5.74) is 5.93. The fraction of sp³-hybridized carbons (Fsp3) is 1.00. The molecular formula is C11H20F3N. The van der Waals surface area contributed by atoms with E-state index in [0.29, 0.717) is 6.42 Å². The highest BCUT2D eigenvalue weighted by Gasteiger charge is 2.43. The Morgan fingerprint density at radius 1 is 1.20 bits per heavy atom. The van der Waals surface area contributed by atoms with Crippen molar-refractivity contribution in [3.8, 4) is 0 Å². The largest absolute Gasteiger partial charge is 0.391 e. The number of rotatable bonds is 2. The van der Waals surface area contributed by atoms with Gasteiger partial charge in [-0.2, -0.15) is 13.2 Å². The van der Waals surface area contributed by atoms with Gasteiger partial charge in [-0.25, -0.2) is 0 Å². The molecule has 3 unspecified atom stereocenters. The highest BCUT2D eigenvalue weighted by atomic mass is 19.4. The summed E-state index contributed by atoms with van der Waals surface area (Å²) in [6, 6.07) is -0.0878. The van der Waals surface area contributed by atoms with E-state index in [2.05, 4.69) is 0 Å². The zero-order valence-electron chi connectivity index (χ0n) is 9.35. The first-order valence-corrected chi connectivity index (χ1v) is 5.64. The lowest BCUT2D eigenvalue weighted by Gasteiger charge is -2.35. The van der Waals surface area contributed by atoms with Crippen molar-refractivity contribution in [3.05, 3.63) is 0 Å². The van der Waals surface area contributed by atoms with Crippen LogP contribution in [-0.4, -0.2) is 12.2 Å². The van der Waals surface area contributed by atoms with Gasteiger partial charge in [0.2, 0.25) is 0 Å². The minimum Gasteiger partial charge on any atom is -0.327 e. The van der Waals surface area contributed by atoms with Gasteiger partial charge in [-0.1, -0.05) is 20.3 Å². The van der Waals surface area contributed by atoms with Crippen LogP contribution in [0, 0.1) is 17.8 Å². The van der Waals surface area contributed by atoms with Gasteiger partial charge in [0, 0.05) is 6.04 Å². The highest BCUT2D eigenvalue weighted by Crippen LogP contribution is 2.41. The molecule has 4 heteroatoms. The van der Waals surface area contributed by atoms with E-state index < -0.39 is 12.1 Å². The van der Waals surface area contributed by atoms with Crippen molar-refractivity contribution in [3.63, 3.8) is 0 Å². The Kier molecular flexibility index (Phi) is 4.04. The van der Waals surface area contributed by atoms with Crippen LogP contribution in [0.2, 0.25) is 0 Å². The molecule has 0 saturated heterocycles. The molecular weight excluding hydrogens is 203 g/mol. The van der Waals surface area contributed by atoms with Gasteiger partial charge in [-0.3, -0.25) is 0 Å². The Balaban J connectivity index is 2.56. The first-order valence-electron chi connectivity index (χ1n) is 5.64. The number of nitrogens with two attached hydrogens (primary N) is 1. The van der Waals surface area contributed by atoms with Gasteiger partial charge in [0.15, 0.2) is 0 Å². The van der Waals surface area contributed by atoms with Gasteiger partial charge in [0.05, 0.1) is 5.92 Å². The SMILES string of the molecule is CC(C)C(N)C1CCCC(C(F)(F)F)C1. The van der Waals surface area contributed by atoms with Gasteiger partial charge in [-0.05, 0) is 31.1 Å². The molecule has 3 atom stereocenters. The van der Waals surface area contributed by atoms with Gasteiger partial charge in [-0.15, -0.1) is 0 Å². The molecule has 1 aliphatic carbocycles. The normalized spacial score (nSPS) is 30.6. The van der Waals surface area contributed by atoms with Crippen LogP contribution in [0.5, 0.6) is 0 Å². The molecule has 1 aliphatic rings. The molecule has 1 fully saturated rings. The third-order valence-electron chi connectivity index (χ3n) is 3.49. The molecule has 0 amide bonds. The van der Waals surface area contributed by atoms with Crippen molar-refractivity contribution in [1.29, 1.82) is 0 Å². The predicted molar refractivity (Wildman–Crippen MR) is 54.3 cm³/mol. The maximum absolute atomic E-state index is 12.5. The average molecular weight is 223 g/mol. The fourth-order valence-corrected chi connectivity index (χ4v) is 2.42. The van der Waals surface area contributed by atoms with Crippen LogP contribution in [0.3, 0.4) is 0 Å². The third kappa shape index (κ3) is 3.37. The minimum absolute atomic E-state index is 0.0466. The van der Waals surface area contributed by atoms with Crippen molar-refractivity contribution in [2.75, 3.05) is 0 Å². The summed E-state index contributed by atoms with van der Waals surface area (Å²) >= 11 is 0. The van der Waals surface area contributed by atoms with Crippen LogP contribution in [0.25, 0.3) is 0 Å². The Morgan fingerprint density at radius 3 is 2.27 bits per heavy atom. The summed E-state index contributed by atoms with van der Waals surface area (Å²) < 4.78 is 37.6. The van der Waals surface area contributed by atoms with E-state index >= 15 is 0 Å². The molecule has 0 aromatic heterocycles. The molecule has 0 spiro atoms. The number of hydrogen-bond donors (Lipinski definition) is 1. The molecule has 0 heterocycles. The molecule has 0 aromatic carbocycles. The number of hydrogen-bond acceptors (Lipinski definition) is 1. The second-order valence-electron chi connectivity index (χ2n) is 4.99. The van der Waals surface area contributed by atoms with E-state index in [9.17, 15) is 13.2 Å². The number of halogens is 3. The molecule has 0 radical (unpaired) electrons. The van der Waals surface area contributed by atoms with Gasteiger partial charge >= 0.3 is 6.18 Å². The van der Waals surface area contributed by atoms with Crippen LogP contribution in [-0.2, 0) is 0 Å².